The summed E-state index contributed by atoms with van der Waals surface area (Å²) in [5.74, 6) is 24.7. The van der Waals surface area contributed by atoms with Gasteiger partial charge in [0, 0.05) is 110 Å². The van der Waals surface area contributed by atoms with Crippen LogP contribution in [0, 0.1) is 127 Å². The fourth-order valence-corrected chi connectivity index (χ4v) is 8.99. The Morgan fingerprint density at radius 3 is 1.19 bits per heavy atom. The number of terminal acetylenes is 2. The molecule has 1 heterocycles. The number of rotatable bonds is 58. The molecule has 0 aromatic heterocycles. The van der Waals surface area contributed by atoms with E-state index in [0.717, 1.165) is 43.6 Å². The molecular weight excluding hydrogens is 1420 g/mol. The Morgan fingerprint density at radius 2 is 0.862 bits per heavy atom. The van der Waals surface area contributed by atoms with E-state index in [-0.39, 0.29) is 116 Å². The summed E-state index contributed by atoms with van der Waals surface area (Å²) in [4.78, 5) is 73.0. The van der Waals surface area contributed by atoms with Crippen LogP contribution in [0.25, 0.3) is 0 Å². The van der Waals surface area contributed by atoms with Gasteiger partial charge < -0.3 is 104 Å². The van der Waals surface area contributed by atoms with Gasteiger partial charge in [-0.3, -0.25) is 19.2 Å². The molecule has 0 spiro atoms. The zero-order valence-corrected chi connectivity index (χ0v) is 68.8. The third kappa shape index (κ3) is 63.2. The number of benzene rings is 2. The topological polar surface area (TPSA) is 333 Å². The molecule has 109 heavy (non-hydrogen) atoms. The van der Waals surface area contributed by atoms with Crippen molar-refractivity contribution < 1.29 is 170 Å². The van der Waals surface area contributed by atoms with Crippen LogP contribution in [0.3, 0.4) is 0 Å². The van der Waals surface area contributed by atoms with E-state index in [9.17, 15) is 39.0 Å². The molecule has 1 saturated heterocycles. The molecule has 6 N–H and O–H groups in total. The van der Waals surface area contributed by atoms with Crippen molar-refractivity contribution in [3.63, 3.8) is 0 Å². The van der Waals surface area contributed by atoms with Crippen molar-refractivity contribution in [1.29, 1.82) is 0 Å². The van der Waals surface area contributed by atoms with Crippen LogP contribution in [-0.2, 0) is 80.9 Å². The van der Waals surface area contributed by atoms with Gasteiger partial charge in [-0.25, -0.2) is 0 Å². The number of unbranched alkanes of at least 4 members (excludes halogenated alkanes) is 3. The smallest absolute Gasteiger partial charge is 0.549 e. The number of carboxylic acids is 2. The van der Waals surface area contributed by atoms with Crippen LogP contribution >= 0.6 is 0 Å². The minimum Gasteiger partial charge on any atom is -0.549 e. The fraction of sp³-hybridized carbons (Fsp3) is 0.561. The minimum absolute atomic E-state index is 0. The van der Waals surface area contributed by atoms with Crippen molar-refractivity contribution in [1.82, 2.24) is 10.6 Å². The molecule has 3 unspecified atom stereocenters. The van der Waals surface area contributed by atoms with Crippen LogP contribution < -0.4 is 101 Å². The predicted molar refractivity (Wildman–Crippen MR) is 435 cm³/mol. The Kier molecular flexibility index (Phi) is 72.6. The molecule has 0 saturated carbocycles. The number of nitrogens with two attached hydrogens (primary N) is 2. The molecule has 0 radical (unpaired) electrons. The van der Waals surface area contributed by atoms with Crippen LogP contribution in [0.15, 0.2) is 60.7 Å². The van der Waals surface area contributed by atoms with Crippen LogP contribution in [0.5, 0.6) is 0 Å². The Bertz CT molecular complexity index is 3410. The van der Waals surface area contributed by atoms with Gasteiger partial charge in [-0.05, 0) is 178 Å². The van der Waals surface area contributed by atoms with Gasteiger partial charge in [-0.2, -0.15) is 0 Å². The van der Waals surface area contributed by atoms with Gasteiger partial charge in [0.15, 0.2) is 0 Å². The summed E-state index contributed by atoms with van der Waals surface area (Å²) in [5.41, 5.74) is 15.5. The number of hydrogen-bond donors (Lipinski definition) is 4. The molecule has 0 aliphatic carbocycles. The Labute approximate surface area is 712 Å². The first-order valence-electron chi connectivity index (χ1n) is 36.3. The Hall–Kier alpha value is -7.20. The number of esters is 2. The first kappa shape index (κ1) is 104. The normalized spacial score (nSPS) is 11.9. The van der Waals surface area contributed by atoms with Crippen molar-refractivity contribution in [2.24, 2.45) is 29.2 Å². The average molecular weight is 1560 g/mol. The van der Waals surface area contributed by atoms with E-state index < -0.39 is 35.6 Å². The molecule has 3 atom stereocenters. The van der Waals surface area contributed by atoms with Gasteiger partial charge in [0.05, 0.1) is 142 Å². The number of anilines is 2. The predicted octanol–water partition coefficient (Wildman–Crippen LogP) is 0.333. The molecule has 1 fully saturated rings. The van der Waals surface area contributed by atoms with Gasteiger partial charge in [0.2, 0.25) is 11.8 Å². The number of aliphatic carboxylic acids is 2. The molecule has 612 valence electrons. The molecule has 2 aromatic carbocycles. The first-order chi connectivity index (χ1) is 52.2. The molecule has 0 bridgehead atoms. The number of allylic oxidation sites excluding steroid dienone is 2. The second-order valence-electron chi connectivity index (χ2n) is 23.3. The quantitative estimate of drug-likeness (QED) is 0.0173. The van der Waals surface area contributed by atoms with Gasteiger partial charge in [-0.1, -0.05) is 68.0 Å². The number of carbonyl (C=O) groups is 6. The molecule has 1 aliphatic rings. The van der Waals surface area contributed by atoms with Crippen molar-refractivity contribution >= 4 is 47.1 Å². The summed E-state index contributed by atoms with van der Waals surface area (Å²) in [6, 6.07) is 16.7. The van der Waals surface area contributed by atoms with Crippen molar-refractivity contribution in [3.05, 3.63) is 71.8 Å². The maximum Gasteiger partial charge on any atom is 1.00 e. The first-order valence-corrected chi connectivity index (χ1v) is 36.3. The van der Waals surface area contributed by atoms with E-state index >= 15 is 0 Å². The molecule has 2 aromatic rings. The molecule has 27 heteroatoms. The largest absolute Gasteiger partial charge is 1.00 e. The van der Waals surface area contributed by atoms with Crippen LogP contribution in [0.2, 0.25) is 0 Å². The Balaban J connectivity index is -0.000000112. The third-order valence-electron chi connectivity index (χ3n) is 14.6. The monoisotopic (exact) mass is 1560 g/mol. The summed E-state index contributed by atoms with van der Waals surface area (Å²) in [6.45, 7) is 21.3. The Morgan fingerprint density at radius 1 is 0.514 bits per heavy atom. The third-order valence-corrected chi connectivity index (χ3v) is 14.6. The standard InChI is InChI=1S/C47H51N3O11.C23H43N3O5.C12H18O3.2Na.14H2/c1-4-6-8-10-12-14-20-41(46(53)54)38-44(51)48-23-17-27-57-31-33-59-29-25-50(43-22-16-19-40(3)37-43)26-30-60-34-36-61-35-32-58-28-18-24-49-45(52)39-42(47(55)56)21-15-13-11-9-7-5-2;1-22-5-2-6-23(21-22)26(9-13-29-17-15-27-11-3-7-24)10-14-30-18-20-31-19-16-28-12-4-8-25;1-2-3-4-5-6-7-8-10-9-11(13)15-12(10)14;;;;;;;;;;;;;;;;/h1-2,16,19,22,37,41-42H,17-18,23-36,38-39H2,3H3,(H,48,51)(H,49,52)(H,53,54)(H,55,56);2,5-6,21H,3-4,7-20,24-25H2,1H3;6-7,10H,2-5,8-9H2,1H3;;;14*1H/q;;;2*+1;;;;;;;;;;;;;;/p-2/b;;7-6+;;;;;;;;;;;;;;;;. The number of carboxylic acid groups (broad SMARTS) is 2. The van der Waals surface area contributed by atoms with Crippen molar-refractivity contribution in [2.75, 3.05) is 194 Å². The number of nitrogens with one attached hydrogen (secondary N) is 2. The number of hydrogen-bond acceptors (Lipinski definition) is 23. The minimum atomic E-state index is -1.47. The van der Waals surface area contributed by atoms with Gasteiger partial charge in [-0.15, -0.1) is 12.8 Å². The summed E-state index contributed by atoms with van der Waals surface area (Å²) in [7, 11) is 0. The summed E-state index contributed by atoms with van der Waals surface area (Å²) >= 11 is 0. The number of amides is 2. The van der Waals surface area contributed by atoms with Crippen LogP contribution in [0.1, 0.15) is 115 Å². The fourth-order valence-electron chi connectivity index (χ4n) is 8.99. The second-order valence-corrected chi connectivity index (χ2v) is 23.3. The maximum atomic E-state index is 12.1. The average Bonchev–Trinajstić information content (AvgIpc) is 1.82. The van der Waals surface area contributed by atoms with Gasteiger partial charge >= 0.3 is 71.1 Å². The van der Waals surface area contributed by atoms with Crippen LogP contribution in [0.4, 0.5) is 11.4 Å². The molecule has 3 rings (SSSR count). The second kappa shape index (κ2) is 76.2. The zero-order chi connectivity index (χ0) is 78.1. The molecule has 1 aliphatic heterocycles. The zero-order valence-electron chi connectivity index (χ0n) is 64.8. The van der Waals surface area contributed by atoms with Crippen molar-refractivity contribution in [3.8, 4) is 95.7 Å². The number of aryl methyl sites for hydroxylation is 2. The number of nitrogens with zero attached hydrogens (tertiary/aromatic N) is 2. The maximum absolute atomic E-state index is 12.1. The summed E-state index contributed by atoms with van der Waals surface area (Å²) < 4.78 is 60.6. The van der Waals surface area contributed by atoms with E-state index in [4.69, 9.17) is 71.7 Å². The van der Waals surface area contributed by atoms with Gasteiger partial charge in [0.1, 0.15) is 0 Å². The molecule has 2 amide bonds. The summed E-state index contributed by atoms with van der Waals surface area (Å²) in [5, 5.41) is 27.8. The van der Waals surface area contributed by atoms with Crippen LogP contribution in [-0.4, -0.2) is 220 Å². The SMILES string of the molecule is C#CC#CC#CC#CC(CC(=O)NCCCOCCOCCOCCN(CCOCCOCCCNC(=O)CC(C#CC#CC#CC#C)C(=O)[O-])c1cccc(C)c1)C(=O)[O-].CCCCC/C=C/CC1CC(=O)OC1=O.Cc1cccc(N(CCOCCOCCCN)CCOCCOCCOCCCN)c1.[HH].[HH].[HH].[HH].[HH].[HH].[HH].[HH].[HH].[HH].[HH].[HH].[HH].[HH].[Na+].[Na+]. The van der Waals surface area contributed by atoms with E-state index in [1.165, 1.54) is 30.5 Å². The molecule has 25 nitrogen and oxygen atoms in total. The van der Waals surface area contributed by atoms with E-state index in [1.54, 1.807) is 0 Å². The summed E-state index contributed by atoms with van der Waals surface area (Å²) in [6.07, 6.45) is 21.7. The van der Waals surface area contributed by atoms with Gasteiger partial charge in [0.25, 0.3) is 0 Å². The molecular formula is C82H138N6Na2O19. The van der Waals surface area contributed by atoms with E-state index in [1.807, 2.05) is 31.2 Å². The number of ether oxygens (including phenoxy) is 11. The number of cyclic esters (lactones) is 2. The van der Waals surface area contributed by atoms with E-state index in [0.29, 0.717) is 191 Å². The van der Waals surface area contributed by atoms with Crippen molar-refractivity contribution in [2.45, 2.75) is 97.8 Å². The number of carbonyl (C=O) groups excluding carboxylic acids is 6. The van der Waals surface area contributed by atoms with E-state index in [2.05, 4.69) is 158 Å².